The van der Waals surface area contributed by atoms with Crippen molar-refractivity contribution < 1.29 is 9.21 Å². The van der Waals surface area contributed by atoms with Gasteiger partial charge >= 0.3 is 0 Å². The van der Waals surface area contributed by atoms with Crippen LogP contribution >= 0.6 is 31.9 Å². The first-order valence-corrected chi connectivity index (χ1v) is 6.29. The van der Waals surface area contributed by atoms with Gasteiger partial charge in [-0.1, -0.05) is 31.9 Å². The molecule has 86 valence electrons. The van der Waals surface area contributed by atoms with Crippen LogP contribution in [-0.2, 0) is 4.79 Å². The molecule has 6 heteroatoms. The number of alkyl halides is 2. The van der Waals surface area contributed by atoms with E-state index in [1.165, 1.54) is 6.21 Å². The van der Waals surface area contributed by atoms with Crippen LogP contribution in [0.1, 0.15) is 19.1 Å². The summed E-state index contributed by atoms with van der Waals surface area (Å²) in [5.74, 6) is 0.481. The molecule has 1 fully saturated rings. The quantitative estimate of drug-likeness (QED) is 0.518. The second-order valence-electron chi connectivity index (χ2n) is 3.93. The molecule has 1 aromatic heterocycles. The summed E-state index contributed by atoms with van der Waals surface area (Å²) in [4.78, 5) is 11.8. The smallest absolute Gasteiger partial charge is 0.248 e. The molecular weight excluding hydrogens is 340 g/mol. The highest BCUT2D eigenvalue weighted by molar-refractivity contribution is 9.25. The Hall–Kier alpha value is -0.620. The molecule has 0 radical (unpaired) electrons. The second-order valence-corrected chi connectivity index (χ2v) is 7.70. The van der Waals surface area contributed by atoms with Crippen molar-refractivity contribution in [1.82, 2.24) is 5.43 Å². The first-order chi connectivity index (χ1) is 7.46. The van der Waals surface area contributed by atoms with Crippen molar-refractivity contribution in [1.29, 1.82) is 0 Å². The van der Waals surface area contributed by atoms with Crippen molar-refractivity contribution >= 4 is 44.0 Å². The summed E-state index contributed by atoms with van der Waals surface area (Å²) < 4.78 is 4.74. The molecule has 1 heterocycles. The molecule has 4 nitrogen and oxygen atoms in total. The number of nitrogens with zero attached hydrogens (tertiary/aromatic N) is 1. The number of hydrogen-bond acceptors (Lipinski definition) is 3. The zero-order valence-corrected chi connectivity index (χ0v) is 11.7. The van der Waals surface area contributed by atoms with E-state index in [9.17, 15) is 4.79 Å². The van der Waals surface area contributed by atoms with Crippen LogP contribution in [0.4, 0.5) is 0 Å². The minimum atomic E-state index is -0.451. The van der Waals surface area contributed by atoms with Gasteiger partial charge in [0.2, 0.25) is 5.91 Å². The van der Waals surface area contributed by atoms with Crippen molar-refractivity contribution in [3.8, 4) is 0 Å². The lowest BCUT2D eigenvalue weighted by Gasteiger charge is -2.09. The van der Waals surface area contributed by atoms with Crippen molar-refractivity contribution in [3.63, 3.8) is 0 Å². The van der Waals surface area contributed by atoms with Gasteiger partial charge in [-0.3, -0.25) is 4.79 Å². The molecule has 0 aliphatic heterocycles. The first-order valence-electron chi connectivity index (χ1n) is 4.70. The molecule has 1 aliphatic carbocycles. The van der Waals surface area contributed by atoms with Gasteiger partial charge in [0.25, 0.3) is 0 Å². The van der Waals surface area contributed by atoms with Crippen LogP contribution in [0.2, 0.25) is 0 Å². The third-order valence-electron chi connectivity index (χ3n) is 2.66. The molecule has 16 heavy (non-hydrogen) atoms. The summed E-state index contributed by atoms with van der Waals surface area (Å²) in [7, 11) is 0. The first kappa shape index (κ1) is 11.9. The van der Waals surface area contributed by atoms with Gasteiger partial charge in [0.15, 0.2) is 0 Å². The number of hydrazone groups is 1. The Labute approximate surface area is 110 Å². The average Bonchev–Trinajstić information content (AvgIpc) is 2.64. The fourth-order valence-electron chi connectivity index (χ4n) is 1.29. The second kappa shape index (κ2) is 4.00. The van der Waals surface area contributed by atoms with Crippen LogP contribution in [0, 0.1) is 5.41 Å². The van der Waals surface area contributed by atoms with Crippen LogP contribution in [0.25, 0.3) is 0 Å². The molecule has 2 rings (SSSR count). The summed E-state index contributed by atoms with van der Waals surface area (Å²) in [6.45, 7) is 1.87. The normalized spacial score (nSPS) is 26.9. The minimum Gasteiger partial charge on any atom is -0.463 e. The molecule has 1 aromatic rings. The Morgan fingerprint density at radius 3 is 2.88 bits per heavy atom. The van der Waals surface area contributed by atoms with Gasteiger partial charge < -0.3 is 4.42 Å². The lowest BCUT2D eigenvalue weighted by molar-refractivity contribution is -0.125. The Balaban J connectivity index is 1.90. The predicted octanol–water partition coefficient (Wildman–Crippen LogP) is 2.63. The lowest BCUT2D eigenvalue weighted by atomic mass is 10.1. The topological polar surface area (TPSA) is 54.6 Å². The molecule has 1 amide bonds. The van der Waals surface area contributed by atoms with Gasteiger partial charge in [0.05, 0.1) is 21.1 Å². The molecule has 1 aliphatic rings. The highest BCUT2D eigenvalue weighted by Crippen LogP contribution is 2.66. The maximum atomic E-state index is 11.8. The average molecular weight is 350 g/mol. The van der Waals surface area contributed by atoms with E-state index in [1.807, 2.05) is 6.92 Å². The number of furan rings is 1. The van der Waals surface area contributed by atoms with E-state index in [-0.39, 0.29) is 9.14 Å². The van der Waals surface area contributed by atoms with E-state index in [0.717, 1.165) is 6.42 Å². The van der Waals surface area contributed by atoms with Crippen molar-refractivity contribution in [2.75, 3.05) is 0 Å². The van der Waals surface area contributed by atoms with Crippen LogP contribution in [-0.4, -0.2) is 15.4 Å². The van der Waals surface area contributed by atoms with Crippen LogP contribution in [0.15, 0.2) is 27.9 Å². The van der Waals surface area contributed by atoms with Gasteiger partial charge in [-0.15, -0.1) is 0 Å². The molecule has 0 aromatic carbocycles. The van der Waals surface area contributed by atoms with Crippen molar-refractivity contribution in [3.05, 3.63) is 24.2 Å². The van der Waals surface area contributed by atoms with Gasteiger partial charge in [-0.05, 0) is 25.5 Å². The standard InChI is InChI=1S/C10H10Br2N2O2/c1-9(6-10(9,11)12)8(15)14-13-5-7-3-2-4-16-7/h2-5H,6H2,1H3,(H,14,15). The van der Waals surface area contributed by atoms with Gasteiger partial charge in [0.1, 0.15) is 5.76 Å². The van der Waals surface area contributed by atoms with Gasteiger partial charge in [0, 0.05) is 0 Å². The van der Waals surface area contributed by atoms with E-state index >= 15 is 0 Å². The summed E-state index contributed by atoms with van der Waals surface area (Å²) in [6, 6.07) is 3.52. The zero-order valence-electron chi connectivity index (χ0n) is 8.54. The molecule has 1 N–H and O–H groups in total. The molecule has 0 saturated heterocycles. The Kier molecular flexibility index (Phi) is 2.96. The van der Waals surface area contributed by atoms with E-state index < -0.39 is 5.41 Å². The summed E-state index contributed by atoms with van der Waals surface area (Å²) >= 11 is 6.85. The van der Waals surface area contributed by atoms with E-state index in [2.05, 4.69) is 42.4 Å². The fourth-order valence-corrected chi connectivity index (χ4v) is 2.77. The molecule has 0 spiro atoms. The largest absolute Gasteiger partial charge is 0.463 e. The van der Waals surface area contributed by atoms with Crippen LogP contribution in [0.3, 0.4) is 0 Å². The fraction of sp³-hybridized carbons (Fsp3) is 0.400. The number of carbonyl (C=O) groups is 1. The Bertz CT molecular complexity index is 428. The molecule has 1 atom stereocenters. The SMILES string of the molecule is CC1(C(=O)NN=Cc2ccco2)CC1(Br)Br. The van der Waals surface area contributed by atoms with Crippen molar-refractivity contribution in [2.45, 2.75) is 16.6 Å². The van der Waals surface area contributed by atoms with E-state index in [0.29, 0.717) is 5.76 Å². The number of hydrogen-bond donors (Lipinski definition) is 1. The third kappa shape index (κ3) is 2.08. The predicted molar refractivity (Wildman–Crippen MR) is 67.8 cm³/mol. The van der Waals surface area contributed by atoms with Crippen LogP contribution in [0.5, 0.6) is 0 Å². The molecule has 1 unspecified atom stereocenters. The summed E-state index contributed by atoms with van der Waals surface area (Å²) in [5.41, 5.74) is 2.04. The van der Waals surface area contributed by atoms with Gasteiger partial charge in [-0.2, -0.15) is 5.10 Å². The monoisotopic (exact) mass is 348 g/mol. The Morgan fingerprint density at radius 1 is 1.69 bits per heavy atom. The molecular formula is C10H10Br2N2O2. The maximum Gasteiger partial charge on any atom is 0.248 e. The van der Waals surface area contributed by atoms with Crippen LogP contribution < -0.4 is 5.43 Å². The van der Waals surface area contributed by atoms with E-state index in [4.69, 9.17) is 4.42 Å². The molecule has 0 bridgehead atoms. The van der Waals surface area contributed by atoms with Crippen molar-refractivity contribution in [2.24, 2.45) is 10.5 Å². The number of carbonyl (C=O) groups excluding carboxylic acids is 1. The number of halogens is 2. The Morgan fingerprint density at radius 2 is 2.38 bits per heavy atom. The van der Waals surface area contributed by atoms with Gasteiger partial charge in [-0.25, -0.2) is 5.43 Å². The number of amides is 1. The number of nitrogens with one attached hydrogen (secondary N) is 1. The molecule has 1 saturated carbocycles. The maximum absolute atomic E-state index is 11.8. The summed E-state index contributed by atoms with van der Waals surface area (Å²) in [6.07, 6.45) is 3.75. The third-order valence-corrected chi connectivity index (χ3v) is 4.97. The lowest BCUT2D eigenvalue weighted by Crippen LogP contribution is -2.29. The highest BCUT2D eigenvalue weighted by Gasteiger charge is 2.66. The number of rotatable bonds is 3. The highest BCUT2D eigenvalue weighted by atomic mass is 79.9. The summed E-state index contributed by atoms with van der Waals surface area (Å²) in [5, 5.41) is 3.83. The zero-order chi connectivity index (χ0) is 11.8. The minimum absolute atomic E-state index is 0.121. The van der Waals surface area contributed by atoms with E-state index in [1.54, 1.807) is 18.4 Å².